The van der Waals surface area contributed by atoms with E-state index in [9.17, 15) is 0 Å². The lowest BCUT2D eigenvalue weighted by atomic mass is 9.68. The predicted octanol–water partition coefficient (Wildman–Crippen LogP) is 5.81. The second kappa shape index (κ2) is 5.56. The van der Waals surface area contributed by atoms with E-state index in [1.165, 1.54) is 51.4 Å². The second-order valence-electron chi connectivity index (χ2n) is 6.84. The van der Waals surface area contributed by atoms with Crippen LogP contribution in [0.25, 0.3) is 0 Å². The topological polar surface area (TPSA) is 0 Å². The fourth-order valence-corrected chi connectivity index (χ4v) is 3.20. The average molecular weight is 224 g/mol. The van der Waals surface area contributed by atoms with Crippen molar-refractivity contribution in [3.63, 3.8) is 0 Å². The van der Waals surface area contributed by atoms with Gasteiger partial charge in [-0.05, 0) is 42.4 Å². The largest absolute Gasteiger partial charge is 0.0654 e. The van der Waals surface area contributed by atoms with Gasteiger partial charge in [0.05, 0.1) is 0 Å². The number of hydrogen-bond donors (Lipinski definition) is 0. The molecule has 0 aromatic rings. The van der Waals surface area contributed by atoms with E-state index in [0.717, 1.165) is 11.3 Å². The number of hydrogen-bond acceptors (Lipinski definition) is 0. The Hall–Kier alpha value is 0. The van der Waals surface area contributed by atoms with Gasteiger partial charge >= 0.3 is 0 Å². The smallest absolute Gasteiger partial charge is 0.0243 e. The summed E-state index contributed by atoms with van der Waals surface area (Å²) in [6.07, 6.45) is 11.5. The normalized spacial score (nSPS) is 20.8. The zero-order valence-electron chi connectivity index (χ0n) is 12.2. The Morgan fingerprint density at radius 1 is 1.12 bits per heavy atom. The molecule has 0 heterocycles. The minimum atomic E-state index is 0.589. The van der Waals surface area contributed by atoms with Gasteiger partial charge in [0.2, 0.25) is 0 Å². The Kier molecular flexibility index (Phi) is 4.88. The zero-order chi connectivity index (χ0) is 12.2. The Balaban J connectivity index is 2.46. The predicted molar refractivity (Wildman–Crippen MR) is 73.7 cm³/mol. The van der Waals surface area contributed by atoms with Crippen LogP contribution in [0.1, 0.15) is 86.0 Å². The van der Waals surface area contributed by atoms with Crippen molar-refractivity contribution in [2.75, 3.05) is 0 Å². The van der Waals surface area contributed by atoms with Gasteiger partial charge in [0.25, 0.3) is 0 Å². The van der Waals surface area contributed by atoms with Crippen molar-refractivity contribution in [1.82, 2.24) is 0 Å². The van der Waals surface area contributed by atoms with Gasteiger partial charge in [-0.25, -0.2) is 0 Å². The van der Waals surface area contributed by atoms with Gasteiger partial charge in [-0.3, -0.25) is 0 Å². The molecule has 0 aromatic heterocycles. The molecule has 0 spiro atoms. The maximum Gasteiger partial charge on any atom is -0.0243 e. The monoisotopic (exact) mass is 224 g/mol. The van der Waals surface area contributed by atoms with Gasteiger partial charge in [0, 0.05) is 0 Å². The van der Waals surface area contributed by atoms with Crippen LogP contribution in [0.15, 0.2) is 0 Å². The molecule has 1 unspecified atom stereocenters. The summed E-state index contributed by atoms with van der Waals surface area (Å²) in [5.41, 5.74) is 1.31. The molecule has 0 aromatic carbocycles. The molecule has 1 saturated carbocycles. The fraction of sp³-hybridized carbons (Fsp3) is 1.00. The van der Waals surface area contributed by atoms with Gasteiger partial charge in [-0.2, -0.15) is 0 Å². The Morgan fingerprint density at radius 3 is 2.19 bits per heavy atom. The Bertz CT molecular complexity index is 198. The van der Waals surface area contributed by atoms with E-state index in [0.29, 0.717) is 5.41 Å². The van der Waals surface area contributed by atoms with E-state index in [2.05, 4.69) is 34.6 Å². The van der Waals surface area contributed by atoms with Crippen LogP contribution >= 0.6 is 0 Å². The van der Waals surface area contributed by atoms with E-state index >= 15 is 0 Å². The molecular formula is C16H32. The highest BCUT2D eigenvalue weighted by atomic mass is 14.6. The van der Waals surface area contributed by atoms with Crippen molar-refractivity contribution >= 4 is 0 Å². The molecule has 0 nitrogen and oxygen atoms in total. The van der Waals surface area contributed by atoms with E-state index < -0.39 is 0 Å². The Labute approximate surface area is 103 Å². The van der Waals surface area contributed by atoms with Crippen LogP contribution in [0.3, 0.4) is 0 Å². The van der Waals surface area contributed by atoms with Crippen LogP contribution < -0.4 is 0 Å². The minimum Gasteiger partial charge on any atom is -0.0654 e. The lowest BCUT2D eigenvalue weighted by molar-refractivity contribution is 0.133. The minimum absolute atomic E-state index is 0.589. The maximum absolute atomic E-state index is 2.53. The lowest BCUT2D eigenvalue weighted by Gasteiger charge is -2.37. The van der Waals surface area contributed by atoms with Gasteiger partial charge in [0.15, 0.2) is 0 Å². The molecule has 0 amide bonds. The number of rotatable bonds is 8. The molecule has 0 saturated heterocycles. The fourth-order valence-electron chi connectivity index (χ4n) is 3.20. The quantitative estimate of drug-likeness (QED) is 0.456. The zero-order valence-corrected chi connectivity index (χ0v) is 12.2. The first kappa shape index (κ1) is 14.1. The van der Waals surface area contributed by atoms with E-state index in [-0.39, 0.29) is 0 Å². The van der Waals surface area contributed by atoms with Crippen molar-refractivity contribution in [2.45, 2.75) is 86.0 Å². The van der Waals surface area contributed by atoms with E-state index in [1.54, 1.807) is 0 Å². The van der Waals surface area contributed by atoms with Crippen molar-refractivity contribution < 1.29 is 0 Å². The summed E-state index contributed by atoms with van der Waals surface area (Å²) in [7, 11) is 0. The van der Waals surface area contributed by atoms with Crippen LogP contribution in [0.2, 0.25) is 0 Å². The highest BCUT2D eigenvalue weighted by Crippen LogP contribution is 2.63. The molecular weight excluding hydrogens is 192 g/mol. The Morgan fingerprint density at radius 2 is 1.75 bits per heavy atom. The first-order chi connectivity index (χ1) is 7.47. The summed E-state index contributed by atoms with van der Waals surface area (Å²) in [6, 6.07) is 0. The van der Waals surface area contributed by atoms with Gasteiger partial charge in [-0.1, -0.05) is 60.3 Å². The molecule has 0 aliphatic heterocycles. The van der Waals surface area contributed by atoms with Crippen LogP contribution in [0.4, 0.5) is 0 Å². The van der Waals surface area contributed by atoms with Gasteiger partial charge < -0.3 is 0 Å². The molecule has 0 radical (unpaired) electrons. The summed E-state index contributed by atoms with van der Waals surface area (Å²) in [6.45, 7) is 12.1. The summed E-state index contributed by atoms with van der Waals surface area (Å²) in [5, 5.41) is 0. The van der Waals surface area contributed by atoms with E-state index in [4.69, 9.17) is 0 Å². The first-order valence-electron chi connectivity index (χ1n) is 7.47. The molecule has 1 aliphatic rings. The second-order valence-corrected chi connectivity index (χ2v) is 6.84. The van der Waals surface area contributed by atoms with Crippen LogP contribution in [-0.2, 0) is 0 Å². The van der Waals surface area contributed by atoms with Gasteiger partial charge in [-0.15, -0.1) is 0 Å². The highest BCUT2D eigenvalue weighted by Gasteiger charge is 2.53. The summed E-state index contributed by atoms with van der Waals surface area (Å²) in [5.74, 6) is 0.924. The van der Waals surface area contributed by atoms with Crippen molar-refractivity contribution in [3.8, 4) is 0 Å². The molecule has 16 heavy (non-hydrogen) atoms. The molecule has 96 valence electrons. The molecule has 1 rings (SSSR count). The summed E-state index contributed by atoms with van der Waals surface area (Å²) in [4.78, 5) is 0. The third-order valence-corrected chi connectivity index (χ3v) is 5.13. The van der Waals surface area contributed by atoms with Crippen molar-refractivity contribution in [3.05, 3.63) is 0 Å². The highest BCUT2D eigenvalue weighted by molar-refractivity contribution is 5.03. The maximum atomic E-state index is 2.53. The van der Waals surface area contributed by atoms with Gasteiger partial charge in [0.1, 0.15) is 0 Å². The van der Waals surface area contributed by atoms with Crippen LogP contribution in [-0.4, -0.2) is 0 Å². The molecule has 0 bridgehead atoms. The van der Waals surface area contributed by atoms with Crippen LogP contribution in [0, 0.1) is 16.7 Å². The average Bonchev–Trinajstić information content (AvgIpc) is 2.99. The third-order valence-electron chi connectivity index (χ3n) is 5.13. The van der Waals surface area contributed by atoms with Crippen LogP contribution in [0.5, 0.6) is 0 Å². The van der Waals surface area contributed by atoms with Crippen molar-refractivity contribution in [1.29, 1.82) is 0 Å². The first-order valence-corrected chi connectivity index (χ1v) is 7.47. The van der Waals surface area contributed by atoms with E-state index in [1.807, 2.05) is 0 Å². The van der Waals surface area contributed by atoms with Crippen molar-refractivity contribution in [2.24, 2.45) is 16.7 Å². The molecule has 1 fully saturated rings. The third kappa shape index (κ3) is 3.25. The molecule has 1 atom stereocenters. The summed E-state index contributed by atoms with van der Waals surface area (Å²) < 4.78 is 0. The standard InChI is InChI=1S/C16H32/c1-6-8-9-10-15(4,5)16(11-12-16)13-14(3)7-2/h14H,6-13H2,1-5H3. The summed E-state index contributed by atoms with van der Waals surface area (Å²) >= 11 is 0. The number of unbranched alkanes of at least 4 members (excludes halogenated alkanes) is 2. The SMILES string of the molecule is CCCCCC(C)(C)C1(CC(C)CC)CC1. The molecule has 0 N–H and O–H groups in total. The molecule has 1 aliphatic carbocycles. The molecule has 0 heteroatoms. The lowest BCUT2D eigenvalue weighted by Crippen LogP contribution is -2.27.